The third kappa shape index (κ3) is 8.00. The zero-order chi connectivity index (χ0) is 22.1. The minimum absolute atomic E-state index is 0. The van der Waals surface area contributed by atoms with Gasteiger partial charge in [-0.3, -0.25) is 9.79 Å². The van der Waals surface area contributed by atoms with Gasteiger partial charge in [0.05, 0.1) is 6.10 Å². The molecule has 0 unspecified atom stereocenters. The van der Waals surface area contributed by atoms with Crippen molar-refractivity contribution in [2.45, 2.75) is 51.3 Å². The number of benzene rings is 2. The highest BCUT2D eigenvalue weighted by atomic mass is 127. The van der Waals surface area contributed by atoms with Crippen molar-refractivity contribution in [1.82, 2.24) is 15.5 Å². The molecular weight excluding hydrogens is 515 g/mol. The van der Waals surface area contributed by atoms with Gasteiger partial charge in [-0.15, -0.1) is 24.0 Å². The molecule has 32 heavy (non-hydrogen) atoms. The first-order chi connectivity index (χ1) is 15.0. The first kappa shape index (κ1) is 26.0. The Morgan fingerprint density at radius 1 is 0.938 bits per heavy atom. The first-order valence-corrected chi connectivity index (χ1v) is 11.1. The molecule has 0 spiro atoms. The molecule has 0 atom stereocenters. The van der Waals surface area contributed by atoms with E-state index in [2.05, 4.69) is 39.9 Å². The molecule has 1 saturated carbocycles. The SMILES string of the molecule is CN=C(NCc1ccc(OC2CCCCC2)cc1)NCc1ccc(C(=O)N(C)C)cc1.I. The van der Waals surface area contributed by atoms with Crippen LogP contribution < -0.4 is 15.4 Å². The van der Waals surface area contributed by atoms with Crippen LogP contribution in [-0.2, 0) is 13.1 Å². The maximum atomic E-state index is 12.0. The van der Waals surface area contributed by atoms with Gasteiger partial charge in [-0.05, 0) is 61.1 Å². The molecule has 7 heteroatoms. The largest absolute Gasteiger partial charge is 0.490 e. The number of aliphatic imine (C=N–C) groups is 1. The highest BCUT2D eigenvalue weighted by Crippen LogP contribution is 2.23. The number of hydrogen-bond donors (Lipinski definition) is 2. The third-order valence-corrected chi connectivity index (χ3v) is 5.53. The Kier molecular flexibility index (Phi) is 10.8. The van der Waals surface area contributed by atoms with E-state index in [4.69, 9.17) is 4.74 Å². The molecular formula is C25H35IN4O2. The predicted octanol–water partition coefficient (Wildman–Crippen LogP) is 4.58. The van der Waals surface area contributed by atoms with Gasteiger partial charge in [0.1, 0.15) is 5.75 Å². The van der Waals surface area contributed by atoms with Gasteiger partial charge in [-0.1, -0.05) is 30.7 Å². The van der Waals surface area contributed by atoms with E-state index < -0.39 is 0 Å². The van der Waals surface area contributed by atoms with Crippen LogP contribution in [0.25, 0.3) is 0 Å². The summed E-state index contributed by atoms with van der Waals surface area (Å²) in [5, 5.41) is 6.65. The Labute approximate surface area is 208 Å². The Morgan fingerprint density at radius 2 is 1.47 bits per heavy atom. The number of nitrogens with zero attached hydrogens (tertiary/aromatic N) is 2. The summed E-state index contributed by atoms with van der Waals surface area (Å²) in [5.41, 5.74) is 2.94. The van der Waals surface area contributed by atoms with Crippen LogP contribution in [0.4, 0.5) is 0 Å². The molecule has 1 fully saturated rings. The van der Waals surface area contributed by atoms with Crippen molar-refractivity contribution in [3.05, 3.63) is 65.2 Å². The lowest BCUT2D eigenvalue weighted by Crippen LogP contribution is -2.36. The van der Waals surface area contributed by atoms with Gasteiger partial charge >= 0.3 is 0 Å². The van der Waals surface area contributed by atoms with Crippen LogP contribution in [0.3, 0.4) is 0 Å². The average Bonchev–Trinajstić information content (AvgIpc) is 2.80. The summed E-state index contributed by atoms with van der Waals surface area (Å²) in [5.74, 6) is 1.69. The second-order valence-corrected chi connectivity index (χ2v) is 8.20. The summed E-state index contributed by atoms with van der Waals surface area (Å²) in [7, 11) is 5.27. The van der Waals surface area contributed by atoms with Crippen molar-refractivity contribution in [2.24, 2.45) is 4.99 Å². The summed E-state index contributed by atoms with van der Waals surface area (Å²) in [6.07, 6.45) is 6.59. The van der Waals surface area contributed by atoms with Crippen LogP contribution in [0.1, 0.15) is 53.6 Å². The van der Waals surface area contributed by atoms with Gasteiger partial charge in [0, 0.05) is 39.8 Å². The van der Waals surface area contributed by atoms with Crippen molar-refractivity contribution in [3.63, 3.8) is 0 Å². The number of guanidine groups is 1. The molecule has 0 aromatic heterocycles. The molecule has 1 aliphatic carbocycles. The second-order valence-electron chi connectivity index (χ2n) is 8.20. The zero-order valence-electron chi connectivity index (χ0n) is 19.3. The molecule has 0 saturated heterocycles. The molecule has 0 aliphatic heterocycles. The fraction of sp³-hybridized carbons (Fsp3) is 0.440. The van der Waals surface area contributed by atoms with E-state index in [0.717, 1.165) is 17.3 Å². The van der Waals surface area contributed by atoms with Gasteiger partial charge in [0.25, 0.3) is 5.91 Å². The molecule has 0 radical (unpaired) electrons. The molecule has 0 bridgehead atoms. The van der Waals surface area contributed by atoms with Gasteiger partial charge in [-0.2, -0.15) is 0 Å². The van der Waals surface area contributed by atoms with Gasteiger partial charge in [0.2, 0.25) is 0 Å². The minimum atomic E-state index is 0. The topological polar surface area (TPSA) is 66.0 Å². The van der Waals surface area contributed by atoms with E-state index in [0.29, 0.717) is 24.8 Å². The van der Waals surface area contributed by atoms with Gasteiger partial charge in [-0.25, -0.2) is 0 Å². The highest BCUT2D eigenvalue weighted by Gasteiger charge is 2.14. The third-order valence-electron chi connectivity index (χ3n) is 5.53. The lowest BCUT2D eigenvalue weighted by atomic mass is 9.98. The Bertz CT molecular complexity index is 861. The summed E-state index contributed by atoms with van der Waals surface area (Å²) >= 11 is 0. The van der Waals surface area contributed by atoms with E-state index in [1.807, 2.05) is 24.3 Å². The lowest BCUT2D eigenvalue weighted by molar-refractivity contribution is 0.0827. The van der Waals surface area contributed by atoms with Crippen LogP contribution in [-0.4, -0.2) is 44.0 Å². The molecule has 6 nitrogen and oxygen atoms in total. The number of halogens is 1. The monoisotopic (exact) mass is 550 g/mol. The average molecular weight is 550 g/mol. The second kappa shape index (κ2) is 13.3. The number of carbonyl (C=O) groups excluding carboxylic acids is 1. The zero-order valence-corrected chi connectivity index (χ0v) is 21.6. The van der Waals surface area contributed by atoms with E-state index in [1.165, 1.54) is 37.7 Å². The number of rotatable bonds is 7. The van der Waals surface area contributed by atoms with Crippen LogP contribution in [0.5, 0.6) is 5.75 Å². The van der Waals surface area contributed by atoms with E-state index in [9.17, 15) is 4.79 Å². The minimum Gasteiger partial charge on any atom is -0.490 e. The number of nitrogens with one attached hydrogen (secondary N) is 2. The molecule has 2 aromatic carbocycles. The van der Waals surface area contributed by atoms with Crippen LogP contribution in [0.2, 0.25) is 0 Å². The molecule has 1 amide bonds. The molecule has 2 aromatic rings. The Balaban J connectivity index is 0.00000363. The van der Waals surface area contributed by atoms with E-state index in [1.54, 1.807) is 26.0 Å². The fourth-order valence-corrected chi connectivity index (χ4v) is 3.68. The normalized spacial score (nSPS) is 14.3. The van der Waals surface area contributed by atoms with E-state index >= 15 is 0 Å². The number of ether oxygens (including phenoxy) is 1. The van der Waals surface area contributed by atoms with E-state index in [-0.39, 0.29) is 29.9 Å². The van der Waals surface area contributed by atoms with Gasteiger partial charge in [0.15, 0.2) is 5.96 Å². The fourth-order valence-electron chi connectivity index (χ4n) is 3.68. The van der Waals surface area contributed by atoms with Crippen LogP contribution >= 0.6 is 24.0 Å². The Hall–Kier alpha value is -2.29. The predicted molar refractivity (Wildman–Crippen MR) is 141 cm³/mol. The van der Waals surface area contributed by atoms with Crippen molar-refractivity contribution in [3.8, 4) is 5.75 Å². The molecule has 2 N–H and O–H groups in total. The smallest absolute Gasteiger partial charge is 0.253 e. The van der Waals surface area contributed by atoms with Crippen molar-refractivity contribution in [2.75, 3.05) is 21.1 Å². The molecule has 0 heterocycles. The quantitative estimate of drug-likeness (QED) is 0.301. The highest BCUT2D eigenvalue weighted by molar-refractivity contribution is 14.0. The van der Waals surface area contributed by atoms with Crippen molar-refractivity contribution >= 4 is 35.8 Å². The molecule has 3 rings (SSSR count). The number of amides is 1. The molecule has 174 valence electrons. The summed E-state index contributed by atoms with van der Waals surface area (Å²) in [6.45, 7) is 1.31. The summed E-state index contributed by atoms with van der Waals surface area (Å²) in [4.78, 5) is 17.9. The van der Waals surface area contributed by atoms with Gasteiger partial charge < -0.3 is 20.3 Å². The van der Waals surface area contributed by atoms with Crippen LogP contribution in [0.15, 0.2) is 53.5 Å². The summed E-state index contributed by atoms with van der Waals surface area (Å²) < 4.78 is 6.10. The first-order valence-electron chi connectivity index (χ1n) is 11.1. The number of carbonyl (C=O) groups is 1. The van der Waals surface area contributed by atoms with Crippen molar-refractivity contribution < 1.29 is 9.53 Å². The standard InChI is InChI=1S/C25H34N4O2.HI/c1-26-25(27-17-19-9-13-21(14-10-19)24(30)29(2)3)28-18-20-11-15-23(16-12-20)31-22-7-5-4-6-8-22;/h9-16,22H,4-8,17-18H2,1-3H3,(H2,26,27,28);1H. The maximum Gasteiger partial charge on any atom is 0.253 e. The number of hydrogen-bond acceptors (Lipinski definition) is 3. The maximum absolute atomic E-state index is 12.0. The Morgan fingerprint density at radius 3 is 1.97 bits per heavy atom. The molecule has 1 aliphatic rings. The lowest BCUT2D eigenvalue weighted by Gasteiger charge is -2.23. The van der Waals surface area contributed by atoms with Crippen molar-refractivity contribution in [1.29, 1.82) is 0 Å². The van der Waals surface area contributed by atoms with Crippen LogP contribution in [0, 0.1) is 0 Å². The summed E-state index contributed by atoms with van der Waals surface area (Å²) in [6, 6.07) is 15.9.